The molecule has 1 fully saturated rings. The van der Waals surface area contributed by atoms with Gasteiger partial charge < -0.3 is 9.53 Å². The Bertz CT molecular complexity index is 766. The molecule has 2 aromatic rings. The lowest BCUT2D eigenvalue weighted by Gasteiger charge is -2.54. The molecule has 0 unspecified atom stereocenters. The number of hydrogen-bond acceptors (Lipinski definition) is 2. The van der Waals surface area contributed by atoms with Crippen molar-refractivity contribution in [2.45, 2.75) is 58.1 Å². The van der Waals surface area contributed by atoms with Crippen LogP contribution in [0.25, 0.3) is 0 Å². The molecule has 0 saturated heterocycles. The highest BCUT2D eigenvalue weighted by Gasteiger charge is 2.55. The average Bonchev–Trinajstić information content (AvgIpc) is 2.60. The number of rotatable bonds is 6. The van der Waals surface area contributed by atoms with E-state index < -0.39 is 13.9 Å². The van der Waals surface area contributed by atoms with Gasteiger partial charge in [0.1, 0.15) is 0 Å². The fraction of sp³-hybridized carbons (Fsp3) is 0.440. The molecule has 0 heterocycles. The largest absolute Gasteiger partial charge is 0.407 e. The summed E-state index contributed by atoms with van der Waals surface area (Å²) >= 11 is 0. The molecule has 3 heteroatoms. The van der Waals surface area contributed by atoms with Crippen molar-refractivity contribution in [3.63, 3.8) is 0 Å². The van der Waals surface area contributed by atoms with Gasteiger partial charge in [-0.3, -0.25) is 0 Å². The van der Waals surface area contributed by atoms with Crippen LogP contribution in [0.3, 0.4) is 0 Å². The smallest absolute Gasteiger partial charge is 0.261 e. The fourth-order valence-electron chi connectivity index (χ4n) is 4.62. The summed E-state index contributed by atoms with van der Waals surface area (Å²) in [6.45, 7) is 15.4. The van der Waals surface area contributed by atoms with E-state index in [0.29, 0.717) is 6.61 Å². The molecule has 3 rings (SSSR count). The van der Waals surface area contributed by atoms with E-state index in [-0.39, 0.29) is 10.5 Å². The minimum absolute atomic E-state index is 0.0583. The summed E-state index contributed by atoms with van der Waals surface area (Å²) in [5.74, 6) is 0. The van der Waals surface area contributed by atoms with Crippen molar-refractivity contribution in [1.29, 1.82) is 0 Å². The first-order valence-corrected chi connectivity index (χ1v) is 12.1. The first-order chi connectivity index (χ1) is 13.0. The Labute approximate surface area is 171 Å². The summed E-state index contributed by atoms with van der Waals surface area (Å²) in [5, 5.41) is 13.4. The van der Waals surface area contributed by atoms with E-state index in [1.54, 1.807) is 0 Å². The van der Waals surface area contributed by atoms with Gasteiger partial charge >= 0.3 is 0 Å². The highest BCUT2D eigenvalue weighted by Crippen LogP contribution is 2.53. The highest BCUT2D eigenvalue weighted by atomic mass is 28.4. The molecule has 1 aliphatic rings. The number of hydrogen-bond donors (Lipinski definition) is 1. The third-order valence-electron chi connectivity index (χ3n) is 6.46. The molecular weight excluding hydrogens is 360 g/mol. The maximum Gasteiger partial charge on any atom is 0.261 e. The van der Waals surface area contributed by atoms with Crippen LogP contribution in [0.2, 0.25) is 5.04 Å². The van der Waals surface area contributed by atoms with Crippen molar-refractivity contribution in [1.82, 2.24) is 0 Å². The zero-order chi connectivity index (χ0) is 20.6. The van der Waals surface area contributed by atoms with Crippen molar-refractivity contribution in [3.8, 4) is 0 Å². The van der Waals surface area contributed by atoms with E-state index in [1.807, 2.05) is 13.8 Å². The lowest BCUT2D eigenvalue weighted by Crippen LogP contribution is -2.68. The van der Waals surface area contributed by atoms with Gasteiger partial charge in [-0.15, -0.1) is 0 Å². The molecule has 0 atom stereocenters. The van der Waals surface area contributed by atoms with Gasteiger partial charge in [0.05, 0.1) is 5.60 Å². The third kappa shape index (κ3) is 3.52. The van der Waals surface area contributed by atoms with Crippen LogP contribution in [-0.4, -0.2) is 25.6 Å². The van der Waals surface area contributed by atoms with Gasteiger partial charge in [0.2, 0.25) is 0 Å². The predicted octanol–water partition coefficient (Wildman–Crippen LogP) is 4.67. The Kier molecular flexibility index (Phi) is 5.48. The van der Waals surface area contributed by atoms with E-state index in [0.717, 1.165) is 12.8 Å². The molecule has 0 radical (unpaired) electrons. The standard InChI is InChI=1S/C25H34O2Si/c1-20-17-25(18-20,24(5,6)26)19-27-28(23(2,3)4,21-13-9-7-10-14-21)22-15-11-8-12-16-22/h7-16,26H,1,17-19H2,2-6H3. The average molecular weight is 395 g/mol. The molecule has 0 amide bonds. The van der Waals surface area contributed by atoms with E-state index in [4.69, 9.17) is 4.43 Å². The molecule has 150 valence electrons. The van der Waals surface area contributed by atoms with Crippen molar-refractivity contribution in [3.05, 3.63) is 72.8 Å². The monoisotopic (exact) mass is 394 g/mol. The zero-order valence-corrected chi connectivity index (χ0v) is 19.0. The summed E-state index contributed by atoms with van der Waals surface area (Å²) in [6, 6.07) is 21.4. The van der Waals surface area contributed by atoms with E-state index >= 15 is 0 Å². The number of aliphatic hydroxyl groups is 1. The molecule has 1 aliphatic carbocycles. The van der Waals surface area contributed by atoms with Gasteiger partial charge in [-0.2, -0.15) is 0 Å². The van der Waals surface area contributed by atoms with Gasteiger partial charge in [0.15, 0.2) is 0 Å². The normalized spacial score (nSPS) is 17.3. The highest BCUT2D eigenvalue weighted by molar-refractivity contribution is 6.99. The molecule has 0 aliphatic heterocycles. The molecule has 0 bridgehead atoms. The summed E-state index contributed by atoms with van der Waals surface area (Å²) in [4.78, 5) is 0. The van der Waals surface area contributed by atoms with Crippen LogP contribution in [-0.2, 0) is 4.43 Å². The van der Waals surface area contributed by atoms with Crippen LogP contribution < -0.4 is 10.4 Å². The molecule has 2 nitrogen and oxygen atoms in total. The summed E-state index contributed by atoms with van der Waals surface area (Å²) in [7, 11) is -2.58. The quantitative estimate of drug-likeness (QED) is 0.570. The van der Waals surface area contributed by atoms with Crippen LogP contribution in [0.5, 0.6) is 0 Å². The zero-order valence-electron chi connectivity index (χ0n) is 18.0. The van der Waals surface area contributed by atoms with Crippen molar-refractivity contribution in [2.75, 3.05) is 6.61 Å². The Morgan fingerprint density at radius 1 is 0.893 bits per heavy atom. The summed E-state index contributed by atoms with van der Waals surface area (Å²) < 4.78 is 7.09. The third-order valence-corrected chi connectivity index (χ3v) is 11.4. The Balaban J connectivity index is 2.10. The van der Waals surface area contributed by atoms with Gasteiger partial charge in [-0.25, -0.2) is 0 Å². The lowest BCUT2D eigenvalue weighted by molar-refractivity contribution is -0.103. The SMILES string of the molecule is C=C1CC(CO[Si](c2ccccc2)(c2ccccc2)C(C)(C)C)(C(C)(C)O)C1. The first-order valence-electron chi connectivity index (χ1n) is 10.2. The van der Waals surface area contributed by atoms with E-state index in [9.17, 15) is 5.11 Å². The van der Waals surface area contributed by atoms with Crippen LogP contribution in [0, 0.1) is 5.41 Å². The van der Waals surface area contributed by atoms with Gasteiger partial charge in [-0.05, 0) is 42.1 Å². The maximum atomic E-state index is 10.9. The van der Waals surface area contributed by atoms with Crippen LogP contribution >= 0.6 is 0 Å². The van der Waals surface area contributed by atoms with Crippen molar-refractivity contribution < 1.29 is 9.53 Å². The molecule has 1 N–H and O–H groups in total. The van der Waals surface area contributed by atoms with Crippen LogP contribution in [0.1, 0.15) is 47.5 Å². The molecule has 1 saturated carbocycles. The van der Waals surface area contributed by atoms with Crippen LogP contribution in [0.15, 0.2) is 72.8 Å². The fourth-order valence-corrected chi connectivity index (χ4v) is 9.27. The molecule has 2 aromatic carbocycles. The van der Waals surface area contributed by atoms with Crippen LogP contribution in [0.4, 0.5) is 0 Å². The van der Waals surface area contributed by atoms with Crippen molar-refractivity contribution >= 4 is 18.7 Å². The number of benzene rings is 2. The number of allylic oxidation sites excluding steroid dienone is 1. The second-order valence-corrected chi connectivity index (χ2v) is 14.2. The molecule has 0 aromatic heterocycles. The summed E-state index contributed by atoms with van der Waals surface area (Å²) in [6.07, 6.45) is 1.66. The molecule has 28 heavy (non-hydrogen) atoms. The molecule has 0 spiro atoms. The minimum atomic E-state index is -2.58. The predicted molar refractivity (Wildman–Crippen MR) is 121 cm³/mol. The lowest BCUT2D eigenvalue weighted by atomic mass is 9.58. The van der Waals surface area contributed by atoms with Gasteiger partial charge in [0, 0.05) is 12.0 Å². The minimum Gasteiger partial charge on any atom is -0.407 e. The Morgan fingerprint density at radius 2 is 1.32 bits per heavy atom. The topological polar surface area (TPSA) is 29.5 Å². The first kappa shape index (κ1) is 21.0. The maximum absolute atomic E-state index is 10.9. The van der Waals surface area contributed by atoms with Crippen molar-refractivity contribution in [2.24, 2.45) is 5.41 Å². The summed E-state index contributed by atoms with van der Waals surface area (Å²) in [5.41, 5.74) is 0.129. The van der Waals surface area contributed by atoms with Gasteiger partial charge in [-0.1, -0.05) is 93.6 Å². The second kappa shape index (κ2) is 7.29. The van der Waals surface area contributed by atoms with E-state index in [2.05, 4.69) is 88.0 Å². The second-order valence-electron chi connectivity index (χ2n) is 9.89. The van der Waals surface area contributed by atoms with Gasteiger partial charge in [0.25, 0.3) is 8.32 Å². The molecular formula is C25H34O2Si. The Hall–Kier alpha value is -1.68. The Morgan fingerprint density at radius 3 is 1.64 bits per heavy atom. The van der Waals surface area contributed by atoms with E-state index in [1.165, 1.54) is 15.9 Å².